The molecule has 2 rings (SSSR count). The van der Waals surface area contributed by atoms with E-state index in [2.05, 4.69) is 4.98 Å². The monoisotopic (exact) mass is 212 g/mol. The fourth-order valence-electron chi connectivity index (χ4n) is 1.33. The molecule has 0 radical (unpaired) electrons. The number of hydrogen-bond acceptors (Lipinski definition) is 3. The number of thiazole rings is 1. The molecule has 68 valence electrons. The average Bonchev–Trinajstić information content (AvgIpc) is 2.44. The zero-order chi connectivity index (χ0) is 9.59. The quantitative estimate of drug-likeness (QED) is 0.729. The second kappa shape index (κ2) is 2.86. The maximum absolute atomic E-state index is 6.04. The number of anilines is 1. The highest BCUT2D eigenvalue weighted by molar-refractivity contribution is 7.22. The summed E-state index contributed by atoms with van der Waals surface area (Å²) in [6, 6.07) is 1.93. The highest BCUT2D eigenvalue weighted by Gasteiger charge is 2.09. The number of rotatable bonds is 0. The third kappa shape index (κ3) is 1.28. The molecule has 2 nitrogen and oxygen atoms in total. The second-order valence-electron chi connectivity index (χ2n) is 3.03. The fraction of sp³-hybridized carbons (Fsp3) is 0.222. The summed E-state index contributed by atoms with van der Waals surface area (Å²) in [5, 5.41) is 1.39. The summed E-state index contributed by atoms with van der Waals surface area (Å²) in [5.74, 6) is 0. The van der Waals surface area contributed by atoms with E-state index in [0.29, 0.717) is 5.13 Å². The van der Waals surface area contributed by atoms with Crippen molar-refractivity contribution >= 4 is 38.3 Å². The molecule has 1 heterocycles. The van der Waals surface area contributed by atoms with Crippen molar-refractivity contribution in [3.05, 3.63) is 22.2 Å². The van der Waals surface area contributed by atoms with Crippen LogP contribution in [-0.2, 0) is 0 Å². The zero-order valence-electron chi connectivity index (χ0n) is 7.39. The normalized spacial score (nSPS) is 11.0. The van der Waals surface area contributed by atoms with Gasteiger partial charge in [0, 0.05) is 5.02 Å². The molecule has 2 aromatic rings. The SMILES string of the molecule is Cc1cc(Cl)c(C)c2sc(N)nc12. The molecule has 0 bridgehead atoms. The largest absolute Gasteiger partial charge is 0.375 e. The van der Waals surface area contributed by atoms with Crippen LogP contribution in [0.2, 0.25) is 5.02 Å². The van der Waals surface area contributed by atoms with E-state index in [4.69, 9.17) is 17.3 Å². The molecule has 0 saturated carbocycles. The molecule has 0 unspecified atom stereocenters. The van der Waals surface area contributed by atoms with E-state index < -0.39 is 0 Å². The van der Waals surface area contributed by atoms with Gasteiger partial charge in [0.25, 0.3) is 0 Å². The van der Waals surface area contributed by atoms with E-state index in [9.17, 15) is 0 Å². The van der Waals surface area contributed by atoms with Crippen molar-refractivity contribution in [2.45, 2.75) is 13.8 Å². The van der Waals surface area contributed by atoms with Crippen molar-refractivity contribution in [3.63, 3.8) is 0 Å². The Balaban J connectivity index is 2.95. The molecule has 4 heteroatoms. The lowest BCUT2D eigenvalue weighted by Crippen LogP contribution is -1.83. The number of nitrogens with two attached hydrogens (primary N) is 1. The molecule has 1 aromatic carbocycles. The number of benzene rings is 1. The van der Waals surface area contributed by atoms with E-state index in [0.717, 1.165) is 26.4 Å². The first-order valence-corrected chi connectivity index (χ1v) is 5.10. The van der Waals surface area contributed by atoms with Crippen molar-refractivity contribution in [2.24, 2.45) is 0 Å². The van der Waals surface area contributed by atoms with Gasteiger partial charge in [-0.3, -0.25) is 0 Å². The summed E-state index contributed by atoms with van der Waals surface area (Å²) < 4.78 is 1.10. The highest BCUT2D eigenvalue weighted by Crippen LogP contribution is 2.33. The van der Waals surface area contributed by atoms with E-state index in [1.165, 1.54) is 11.3 Å². The van der Waals surface area contributed by atoms with Crippen LogP contribution in [0.25, 0.3) is 10.2 Å². The Morgan fingerprint density at radius 1 is 1.46 bits per heavy atom. The van der Waals surface area contributed by atoms with Crippen LogP contribution in [0.15, 0.2) is 6.07 Å². The van der Waals surface area contributed by atoms with Crippen LogP contribution in [0, 0.1) is 13.8 Å². The fourth-order valence-corrected chi connectivity index (χ4v) is 2.56. The highest BCUT2D eigenvalue weighted by atomic mass is 35.5. The first-order valence-electron chi connectivity index (χ1n) is 3.91. The Labute approximate surface area is 85.3 Å². The first-order chi connectivity index (χ1) is 6.09. The van der Waals surface area contributed by atoms with Crippen LogP contribution in [0.4, 0.5) is 5.13 Å². The van der Waals surface area contributed by atoms with Crippen LogP contribution in [0.5, 0.6) is 0 Å². The molecule has 1 aromatic heterocycles. The Hall–Kier alpha value is -0.800. The molecular formula is C9H9ClN2S. The summed E-state index contributed by atoms with van der Waals surface area (Å²) in [5.41, 5.74) is 8.77. The average molecular weight is 213 g/mol. The third-order valence-electron chi connectivity index (χ3n) is 2.06. The van der Waals surface area contributed by atoms with E-state index in [1.54, 1.807) is 0 Å². The van der Waals surface area contributed by atoms with Gasteiger partial charge in [0.05, 0.1) is 10.2 Å². The number of halogens is 1. The minimum Gasteiger partial charge on any atom is -0.375 e. The van der Waals surface area contributed by atoms with Gasteiger partial charge in [-0.1, -0.05) is 22.9 Å². The van der Waals surface area contributed by atoms with Gasteiger partial charge in [0.2, 0.25) is 0 Å². The minimum absolute atomic E-state index is 0.600. The molecule has 0 aliphatic rings. The molecule has 13 heavy (non-hydrogen) atoms. The van der Waals surface area contributed by atoms with E-state index in [1.807, 2.05) is 19.9 Å². The van der Waals surface area contributed by atoms with Crippen LogP contribution >= 0.6 is 22.9 Å². The molecule has 0 aliphatic heterocycles. The summed E-state index contributed by atoms with van der Waals surface area (Å²) in [6.45, 7) is 3.98. The van der Waals surface area contributed by atoms with E-state index >= 15 is 0 Å². The second-order valence-corrected chi connectivity index (χ2v) is 4.47. The van der Waals surface area contributed by atoms with Crippen LogP contribution < -0.4 is 5.73 Å². The third-order valence-corrected chi connectivity index (χ3v) is 3.46. The molecule has 0 aliphatic carbocycles. The van der Waals surface area contributed by atoms with Gasteiger partial charge in [0.1, 0.15) is 0 Å². The van der Waals surface area contributed by atoms with Crippen LogP contribution in [0.1, 0.15) is 11.1 Å². The van der Waals surface area contributed by atoms with Gasteiger partial charge in [-0.25, -0.2) is 4.98 Å². The Morgan fingerprint density at radius 3 is 2.85 bits per heavy atom. The van der Waals surface area contributed by atoms with Crippen molar-refractivity contribution in [1.29, 1.82) is 0 Å². The first kappa shape index (κ1) is 8.78. The summed E-state index contributed by atoms with van der Waals surface area (Å²) in [7, 11) is 0. The number of nitrogen functional groups attached to an aromatic ring is 1. The van der Waals surface area contributed by atoms with Gasteiger partial charge < -0.3 is 5.73 Å². The molecular weight excluding hydrogens is 204 g/mol. The van der Waals surface area contributed by atoms with Crippen molar-refractivity contribution < 1.29 is 0 Å². The Bertz CT molecular complexity index is 476. The number of nitrogens with zero attached hydrogens (tertiary/aromatic N) is 1. The standard InChI is InChI=1S/C9H9ClN2S/c1-4-3-6(10)5(2)8-7(4)12-9(11)13-8/h3H,1-2H3,(H2,11,12). The molecule has 0 spiro atoms. The van der Waals surface area contributed by atoms with Crippen molar-refractivity contribution in [3.8, 4) is 0 Å². The Morgan fingerprint density at radius 2 is 2.15 bits per heavy atom. The summed E-state index contributed by atoms with van der Waals surface area (Å²) >= 11 is 7.53. The van der Waals surface area contributed by atoms with Crippen molar-refractivity contribution in [2.75, 3.05) is 5.73 Å². The van der Waals surface area contributed by atoms with E-state index in [-0.39, 0.29) is 0 Å². The zero-order valence-corrected chi connectivity index (χ0v) is 8.96. The molecule has 0 atom stereocenters. The molecule has 0 fully saturated rings. The smallest absolute Gasteiger partial charge is 0.181 e. The van der Waals surface area contributed by atoms with Crippen LogP contribution in [-0.4, -0.2) is 4.98 Å². The van der Waals surface area contributed by atoms with Crippen molar-refractivity contribution in [1.82, 2.24) is 4.98 Å². The lowest BCUT2D eigenvalue weighted by atomic mass is 10.1. The lowest BCUT2D eigenvalue weighted by molar-refractivity contribution is 1.40. The predicted molar refractivity (Wildman–Crippen MR) is 58.5 cm³/mol. The number of fused-ring (bicyclic) bond motifs is 1. The van der Waals surface area contributed by atoms with Gasteiger partial charge in [-0.15, -0.1) is 0 Å². The molecule has 2 N–H and O–H groups in total. The predicted octanol–water partition coefficient (Wildman–Crippen LogP) is 3.15. The van der Waals surface area contributed by atoms with Gasteiger partial charge in [0.15, 0.2) is 5.13 Å². The minimum atomic E-state index is 0.600. The maximum atomic E-state index is 6.04. The molecule has 0 amide bonds. The summed E-state index contributed by atoms with van der Waals surface area (Å²) in [6.07, 6.45) is 0. The number of aromatic nitrogens is 1. The topological polar surface area (TPSA) is 38.9 Å². The maximum Gasteiger partial charge on any atom is 0.181 e. The number of hydrogen-bond donors (Lipinski definition) is 1. The summed E-state index contributed by atoms with van der Waals surface area (Å²) in [4.78, 5) is 4.25. The van der Waals surface area contributed by atoms with Crippen LogP contribution in [0.3, 0.4) is 0 Å². The lowest BCUT2D eigenvalue weighted by Gasteiger charge is -2.00. The number of aryl methyl sites for hydroxylation is 2. The Kier molecular flexibility index (Phi) is 1.93. The molecule has 0 saturated heterocycles. The van der Waals surface area contributed by atoms with Gasteiger partial charge in [-0.2, -0.15) is 0 Å². The van der Waals surface area contributed by atoms with Gasteiger partial charge >= 0.3 is 0 Å². The van der Waals surface area contributed by atoms with Gasteiger partial charge in [-0.05, 0) is 31.0 Å².